The van der Waals surface area contributed by atoms with Gasteiger partial charge in [-0.15, -0.1) is 10.2 Å². The van der Waals surface area contributed by atoms with Crippen molar-refractivity contribution in [2.45, 2.75) is 33.1 Å². The molecule has 1 aliphatic rings. The number of rotatable bonds is 2. The Bertz CT molecular complexity index is 639. The average molecular weight is 318 g/mol. The Morgan fingerprint density at radius 2 is 1.73 bits per heavy atom. The van der Waals surface area contributed by atoms with Crippen LogP contribution >= 0.6 is 11.3 Å². The van der Waals surface area contributed by atoms with Gasteiger partial charge >= 0.3 is 0 Å². The molecule has 0 aliphatic carbocycles. The van der Waals surface area contributed by atoms with Crippen molar-refractivity contribution in [3.05, 3.63) is 23.1 Å². The fourth-order valence-electron chi connectivity index (χ4n) is 2.39. The SMILES string of the molecule is Cc1nccc(N2CCN(c3nnc(C(C)(C)C)s3)CC2)n1. The largest absolute Gasteiger partial charge is 0.353 e. The second-order valence-corrected chi connectivity index (χ2v) is 7.53. The minimum atomic E-state index is 0.0657. The first-order valence-electron chi connectivity index (χ1n) is 7.57. The fourth-order valence-corrected chi connectivity index (χ4v) is 3.35. The van der Waals surface area contributed by atoms with E-state index in [0.29, 0.717) is 0 Å². The molecule has 3 rings (SSSR count). The van der Waals surface area contributed by atoms with Gasteiger partial charge in [-0.05, 0) is 13.0 Å². The summed E-state index contributed by atoms with van der Waals surface area (Å²) in [6, 6.07) is 1.98. The molecule has 1 saturated heterocycles. The molecule has 0 atom stereocenters. The number of piperazine rings is 1. The number of nitrogens with zero attached hydrogens (tertiary/aromatic N) is 6. The molecule has 22 heavy (non-hydrogen) atoms. The van der Waals surface area contributed by atoms with Crippen molar-refractivity contribution in [2.75, 3.05) is 36.0 Å². The second-order valence-electron chi connectivity index (χ2n) is 6.58. The second kappa shape index (κ2) is 5.79. The number of hydrogen-bond acceptors (Lipinski definition) is 7. The van der Waals surface area contributed by atoms with Gasteiger partial charge < -0.3 is 9.80 Å². The van der Waals surface area contributed by atoms with Crippen LogP contribution in [0.15, 0.2) is 12.3 Å². The highest BCUT2D eigenvalue weighted by atomic mass is 32.1. The van der Waals surface area contributed by atoms with Crippen LogP contribution in [0.3, 0.4) is 0 Å². The smallest absolute Gasteiger partial charge is 0.208 e. The summed E-state index contributed by atoms with van der Waals surface area (Å²) < 4.78 is 0. The van der Waals surface area contributed by atoms with Crippen LogP contribution in [-0.4, -0.2) is 46.3 Å². The van der Waals surface area contributed by atoms with E-state index >= 15 is 0 Å². The van der Waals surface area contributed by atoms with Gasteiger partial charge in [-0.3, -0.25) is 0 Å². The Morgan fingerprint density at radius 3 is 2.32 bits per heavy atom. The third kappa shape index (κ3) is 3.19. The van der Waals surface area contributed by atoms with Gasteiger partial charge in [0.2, 0.25) is 5.13 Å². The Morgan fingerprint density at radius 1 is 1.05 bits per heavy atom. The van der Waals surface area contributed by atoms with Crippen LogP contribution in [0.25, 0.3) is 0 Å². The monoisotopic (exact) mass is 318 g/mol. The van der Waals surface area contributed by atoms with Gasteiger partial charge in [0.05, 0.1) is 0 Å². The van der Waals surface area contributed by atoms with Gasteiger partial charge in [0.1, 0.15) is 16.6 Å². The predicted octanol–water partition coefficient (Wildman–Crippen LogP) is 2.26. The van der Waals surface area contributed by atoms with Crippen molar-refractivity contribution in [3.8, 4) is 0 Å². The quantitative estimate of drug-likeness (QED) is 0.846. The molecule has 0 N–H and O–H groups in total. The molecule has 1 aliphatic heterocycles. The Labute approximate surface area is 135 Å². The van der Waals surface area contributed by atoms with E-state index < -0.39 is 0 Å². The molecule has 6 nitrogen and oxygen atoms in total. The molecule has 1 fully saturated rings. The molecule has 0 bridgehead atoms. The van der Waals surface area contributed by atoms with Crippen molar-refractivity contribution in [1.29, 1.82) is 0 Å². The van der Waals surface area contributed by atoms with E-state index in [0.717, 1.165) is 48.0 Å². The zero-order valence-electron chi connectivity index (χ0n) is 13.6. The molecule has 0 radical (unpaired) electrons. The molecule has 0 aromatic carbocycles. The summed E-state index contributed by atoms with van der Waals surface area (Å²) in [5.41, 5.74) is 0.0657. The maximum absolute atomic E-state index is 4.50. The summed E-state index contributed by atoms with van der Waals surface area (Å²) in [4.78, 5) is 13.3. The summed E-state index contributed by atoms with van der Waals surface area (Å²) >= 11 is 1.71. The van der Waals surface area contributed by atoms with Gasteiger partial charge in [-0.2, -0.15) is 0 Å². The predicted molar refractivity (Wildman–Crippen MR) is 89.8 cm³/mol. The topological polar surface area (TPSA) is 58.0 Å². The summed E-state index contributed by atoms with van der Waals surface area (Å²) in [5, 5.41) is 10.8. The highest BCUT2D eigenvalue weighted by Crippen LogP contribution is 2.30. The lowest BCUT2D eigenvalue weighted by molar-refractivity contribution is 0.577. The van der Waals surface area contributed by atoms with E-state index in [1.807, 2.05) is 19.2 Å². The first-order chi connectivity index (χ1) is 10.4. The third-order valence-electron chi connectivity index (χ3n) is 3.69. The number of aryl methyl sites for hydroxylation is 1. The maximum Gasteiger partial charge on any atom is 0.208 e. The van der Waals surface area contributed by atoms with Gasteiger partial charge in [-0.25, -0.2) is 9.97 Å². The molecule has 2 aromatic heterocycles. The van der Waals surface area contributed by atoms with Gasteiger partial charge in [-0.1, -0.05) is 32.1 Å². The molecule has 0 amide bonds. The zero-order chi connectivity index (χ0) is 15.7. The van der Waals surface area contributed by atoms with E-state index in [1.54, 1.807) is 11.3 Å². The standard InChI is InChI=1S/C15H22N6S/c1-11-16-6-5-12(17-11)20-7-9-21(10-8-20)14-19-18-13(22-14)15(2,3)4/h5-6H,7-10H2,1-4H3. The lowest BCUT2D eigenvalue weighted by Gasteiger charge is -2.35. The minimum Gasteiger partial charge on any atom is -0.353 e. The summed E-state index contributed by atoms with van der Waals surface area (Å²) in [6.45, 7) is 12.2. The van der Waals surface area contributed by atoms with E-state index in [-0.39, 0.29) is 5.41 Å². The van der Waals surface area contributed by atoms with Crippen molar-refractivity contribution in [3.63, 3.8) is 0 Å². The van der Waals surface area contributed by atoms with Gasteiger partial charge in [0.15, 0.2) is 0 Å². The maximum atomic E-state index is 4.50. The first-order valence-corrected chi connectivity index (χ1v) is 8.39. The van der Waals surface area contributed by atoms with Crippen molar-refractivity contribution in [2.24, 2.45) is 0 Å². The van der Waals surface area contributed by atoms with Crippen LogP contribution in [-0.2, 0) is 5.41 Å². The number of anilines is 2. The summed E-state index contributed by atoms with van der Waals surface area (Å²) in [5.74, 6) is 1.83. The van der Waals surface area contributed by atoms with Crippen LogP contribution < -0.4 is 9.80 Å². The minimum absolute atomic E-state index is 0.0657. The lowest BCUT2D eigenvalue weighted by Crippen LogP contribution is -2.46. The van der Waals surface area contributed by atoms with E-state index in [2.05, 4.69) is 50.7 Å². The van der Waals surface area contributed by atoms with Crippen LogP contribution in [0.1, 0.15) is 31.6 Å². The van der Waals surface area contributed by atoms with Crippen molar-refractivity contribution < 1.29 is 0 Å². The molecular formula is C15H22N6S. The molecule has 0 unspecified atom stereocenters. The van der Waals surface area contributed by atoms with Crippen molar-refractivity contribution in [1.82, 2.24) is 20.2 Å². The third-order valence-corrected chi connectivity index (χ3v) is 5.10. The lowest BCUT2D eigenvalue weighted by atomic mass is 9.98. The first kappa shape index (κ1) is 15.1. The van der Waals surface area contributed by atoms with Crippen LogP contribution in [0, 0.1) is 6.92 Å². The summed E-state index contributed by atoms with van der Waals surface area (Å²) in [6.07, 6.45) is 1.82. The highest BCUT2D eigenvalue weighted by molar-refractivity contribution is 7.15. The highest BCUT2D eigenvalue weighted by Gasteiger charge is 2.24. The fraction of sp³-hybridized carbons (Fsp3) is 0.600. The normalized spacial score (nSPS) is 16.2. The number of hydrogen-bond donors (Lipinski definition) is 0. The van der Waals surface area contributed by atoms with Crippen LogP contribution in [0.4, 0.5) is 10.9 Å². The molecule has 7 heteroatoms. The number of aromatic nitrogens is 4. The van der Waals surface area contributed by atoms with E-state index in [1.165, 1.54) is 0 Å². The van der Waals surface area contributed by atoms with E-state index in [4.69, 9.17) is 0 Å². The van der Waals surface area contributed by atoms with Crippen LogP contribution in [0.5, 0.6) is 0 Å². The Hall–Kier alpha value is -1.76. The van der Waals surface area contributed by atoms with Crippen LogP contribution in [0.2, 0.25) is 0 Å². The molecule has 3 heterocycles. The van der Waals surface area contributed by atoms with Crippen molar-refractivity contribution >= 4 is 22.3 Å². The molecule has 0 spiro atoms. The van der Waals surface area contributed by atoms with Gasteiger partial charge in [0, 0.05) is 37.8 Å². The van der Waals surface area contributed by atoms with E-state index in [9.17, 15) is 0 Å². The Balaban J connectivity index is 1.65. The molecule has 0 saturated carbocycles. The average Bonchev–Trinajstić information content (AvgIpc) is 2.97. The molecular weight excluding hydrogens is 296 g/mol. The Kier molecular flexibility index (Phi) is 3.99. The van der Waals surface area contributed by atoms with Gasteiger partial charge in [0.25, 0.3) is 0 Å². The molecule has 118 valence electrons. The molecule has 2 aromatic rings. The summed E-state index contributed by atoms with van der Waals surface area (Å²) in [7, 11) is 0. The zero-order valence-corrected chi connectivity index (χ0v) is 14.4.